The Balaban J connectivity index is 2.24. The van der Waals surface area contributed by atoms with Crippen LogP contribution in [0.2, 0.25) is 0 Å². The number of benzene rings is 1. The van der Waals surface area contributed by atoms with Crippen molar-refractivity contribution in [2.45, 2.75) is 25.1 Å². The molecule has 2 nitrogen and oxygen atoms in total. The van der Waals surface area contributed by atoms with Crippen LogP contribution in [0, 0.1) is 5.92 Å². The maximum absolute atomic E-state index is 13.5. The number of amides is 1. The van der Waals surface area contributed by atoms with Crippen LogP contribution in [-0.4, -0.2) is 35.5 Å². The van der Waals surface area contributed by atoms with Gasteiger partial charge in [-0.05, 0) is 42.0 Å². The van der Waals surface area contributed by atoms with Crippen molar-refractivity contribution < 1.29 is 18.0 Å². The second-order valence-electron chi connectivity index (χ2n) is 5.33. The molecular weight excluding hydrogens is 379 g/mol. The van der Waals surface area contributed by atoms with Crippen molar-refractivity contribution in [3.8, 4) is 0 Å². The first-order chi connectivity index (χ1) is 10.3. The third kappa shape index (κ3) is 4.19. The van der Waals surface area contributed by atoms with Gasteiger partial charge in [0.1, 0.15) is 0 Å². The minimum atomic E-state index is -4.50. The predicted octanol–water partition coefficient (Wildman–Crippen LogP) is 4.65. The maximum Gasteiger partial charge on any atom is 0.413 e. The molecule has 0 aromatic heterocycles. The van der Waals surface area contributed by atoms with Crippen molar-refractivity contribution >= 4 is 33.6 Å². The molecule has 2 rings (SSSR count). The highest BCUT2D eigenvalue weighted by Gasteiger charge is 2.46. The van der Waals surface area contributed by atoms with E-state index in [1.165, 1.54) is 19.2 Å². The molecule has 0 N–H and O–H groups in total. The lowest BCUT2D eigenvalue weighted by Crippen LogP contribution is -2.43. The molecule has 7 heteroatoms. The summed E-state index contributed by atoms with van der Waals surface area (Å²) in [6, 6.07) is 4.03. The molecule has 1 heterocycles. The van der Waals surface area contributed by atoms with Crippen LogP contribution in [0.3, 0.4) is 0 Å². The van der Waals surface area contributed by atoms with Crippen molar-refractivity contribution in [1.82, 2.24) is 4.90 Å². The highest BCUT2D eigenvalue weighted by atomic mass is 79.9. The quantitative estimate of drug-likeness (QED) is 0.741. The van der Waals surface area contributed by atoms with Gasteiger partial charge in [-0.15, -0.1) is 0 Å². The first-order valence-corrected chi connectivity index (χ1v) is 8.92. The summed E-state index contributed by atoms with van der Waals surface area (Å²) in [4.78, 5) is 13.3. The van der Waals surface area contributed by atoms with Gasteiger partial charge in [-0.1, -0.05) is 28.1 Å². The van der Waals surface area contributed by atoms with Crippen LogP contribution in [0.1, 0.15) is 24.4 Å². The van der Waals surface area contributed by atoms with E-state index in [1.807, 2.05) is 0 Å². The fraction of sp³-hybridized carbons (Fsp3) is 0.533. The fourth-order valence-electron chi connectivity index (χ4n) is 2.64. The molecule has 1 atom stereocenters. The normalized spacial score (nSPS) is 18.0. The number of halogens is 4. The molecule has 1 amide bonds. The van der Waals surface area contributed by atoms with Crippen molar-refractivity contribution in [1.29, 1.82) is 0 Å². The molecule has 1 aromatic carbocycles. The number of carbonyl (C=O) groups excluding carboxylic acids is 1. The molecule has 122 valence electrons. The second kappa shape index (κ2) is 7.25. The van der Waals surface area contributed by atoms with E-state index < -0.39 is 18.1 Å². The van der Waals surface area contributed by atoms with Crippen LogP contribution < -0.4 is 0 Å². The van der Waals surface area contributed by atoms with E-state index in [9.17, 15) is 18.0 Å². The summed E-state index contributed by atoms with van der Waals surface area (Å²) in [5, 5.41) is 0. The number of rotatable bonds is 3. The Labute approximate surface area is 140 Å². The molecule has 0 spiro atoms. The molecule has 1 unspecified atom stereocenters. The zero-order valence-corrected chi connectivity index (χ0v) is 14.5. The molecule has 22 heavy (non-hydrogen) atoms. The molecule has 0 saturated carbocycles. The van der Waals surface area contributed by atoms with E-state index in [1.54, 1.807) is 23.9 Å². The van der Waals surface area contributed by atoms with Crippen molar-refractivity contribution in [2.24, 2.45) is 5.92 Å². The van der Waals surface area contributed by atoms with Crippen molar-refractivity contribution in [3.05, 3.63) is 34.3 Å². The largest absolute Gasteiger partial charge is 0.413 e. The molecule has 1 aliphatic heterocycles. The minimum Gasteiger partial charge on any atom is -0.330 e. The molecule has 1 aliphatic rings. The summed E-state index contributed by atoms with van der Waals surface area (Å²) in [5.74, 6) is 0.954. The van der Waals surface area contributed by atoms with Gasteiger partial charge in [-0.25, -0.2) is 0 Å². The van der Waals surface area contributed by atoms with E-state index >= 15 is 0 Å². The number of hydrogen-bond acceptors (Lipinski definition) is 2. The lowest BCUT2D eigenvalue weighted by molar-refractivity contribution is -0.190. The van der Waals surface area contributed by atoms with Crippen molar-refractivity contribution in [2.75, 3.05) is 18.6 Å². The van der Waals surface area contributed by atoms with Gasteiger partial charge < -0.3 is 4.90 Å². The monoisotopic (exact) mass is 395 g/mol. The zero-order chi connectivity index (χ0) is 16.3. The second-order valence-corrected chi connectivity index (χ2v) is 7.47. The van der Waals surface area contributed by atoms with Gasteiger partial charge in [0, 0.05) is 17.4 Å². The van der Waals surface area contributed by atoms with Gasteiger partial charge >= 0.3 is 6.18 Å². The third-order valence-corrected chi connectivity index (χ3v) is 5.38. The van der Waals surface area contributed by atoms with Crippen LogP contribution in [0.25, 0.3) is 0 Å². The number of alkyl halides is 3. The van der Waals surface area contributed by atoms with E-state index in [0.717, 1.165) is 16.4 Å². The van der Waals surface area contributed by atoms with Gasteiger partial charge in [0.25, 0.3) is 0 Å². The Kier molecular flexibility index (Phi) is 5.82. The summed E-state index contributed by atoms with van der Waals surface area (Å²) in [5.41, 5.74) is 0.0803. The SMILES string of the molecule is CN(C(=O)C1CCSCC1)C(c1ccc(Br)cc1)C(F)(F)F. The summed E-state index contributed by atoms with van der Waals surface area (Å²) in [6.45, 7) is 0. The van der Waals surface area contributed by atoms with Crippen molar-refractivity contribution in [3.63, 3.8) is 0 Å². The average molecular weight is 396 g/mol. The van der Waals surface area contributed by atoms with Gasteiger partial charge in [-0.3, -0.25) is 4.79 Å². The van der Waals surface area contributed by atoms with Gasteiger partial charge in [0.05, 0.1) is 0 Å². The summed E-state index contributed by atoms with van der Waals surface area (Å²) < 4.78 is 41.1. The van der Waals surface area contributed by atoms with E-state index in [0.29, 0.717) is 17.3 Å². The fourth-order valence-corrected chi connectivity index (χ4v) is 4.01. The number of thioether (sulfide) groups is 1. The van der Waals surface area contributed by atoms with Gasteiger partial charge in [0.2, 0.25) is 5.91 Å². The zero-order valence-electron chi connectivity index (χ0n) is 12.1. The first-order valence-electron chi connectivity index (χ1n) is 6.97. The lowest BCUT2D eigenvalue weighted by Gasteiger charge is -2.34. The number of hydrogen-bond donors (Lipinski definition) is 0. The molecule has 1 saturated heterocycles. The van der Waals surface area contributed by atoms with Crippen LogP contribution in [-0.2, 0) is 4.79 Å². The summed E-state index contributed by atoms with van der Waals surface area (Å²) in [7, 11) is 1.25. The van der Waals surface area contributed by atoms with Crippen LogP contribution in [0.4, 0.5) is 13.2 Å². The minimum absolute atomic E-state index is 0.0803. The first kappa shape index (κ1) is 17.7. The number of nitrogens with zero attached hydrogens (tertiary/aromatic N) is 1. The van der Waals surface area contributed by atoms with Crippen LogP contribution in [0.15, 0.2) is 28.7 Å². The number of carbonyl (C=O) groups is 1. The maximum atomic E-state index is 13.5. The Morgan fingerprint density at radius 1 is 1.27 bits per heavy atom. The predicted molar refractivity (Wildman–Crippen MR) is 85.8 cm³/mol. The molecule has 1 aromatic rings. The smallest absolute Gasteiger partial charge is 0.330 e. The molecule has 1 fully saturated rings. The van der Waals surface area contributed by atoms with E-state index in [2.05, 4.69) is 15.9 Å². The van der Waals surface area contributed by atoms with E-state index in [-0.39, 0.29) is 11.5 Å². The van der Waals surface area contributed by atoms with Crippen LogP contribution in [0.5, 0.6) is 0 Å². The Hall–Kier alpha value is -0.690. The highest BCUT2D eigenvalue weighted by Crippen LogP contribution is 2.39. The molecule has 0 bridgehead atoms. The van der Waals surface area contributed by atoms with Gasteiger partial charge in [-0.2, -0.15) is 24.9 Å². The standard InChI is InChI=1S/C15H17BrF3NOS/c1-20(14(21)11-6-8-22-9-7-11)13(15(17,18)19)10-2-4-12(16)5-3-10/h2-5,11,13H,6-9H2,1H3. The summed E-state index contributed by atoms with van der Waals surface area (Å²) >= 11 is 4.95. The Morgan fingerprint density at radius 2 is 1.82 bits per heavy atom. The summed E-state index contributed by atoms with van der Waals surface area (Å²) in [6.07, 6.45) is -3.20. The average Bonchev–Trinajstić information content (AvgIpc) is 2.48. The third-order valence-electron chi connectivity index (χ3n) is 3.80. The lowest BCUT2D eigenvalue weighted by atomic mass is 9.98. The molecular formula is C15H17BrF3NOS. The molecule has 0 radical (unpaired) electrons. The van der Waals surface area contributed by atoms with Gasteiger partial charge in [0.15, 0.2) is 6.04 Å². The topological polar surface area (TPSA) is 20.3 Å². The Bertz CT molecular complexity index is 515. The molecule has 0 aliphatic carbocycles. The highest BCUT2D eigenvalue weighted by molar-refractivity contribution is 9.10. The van der Waals surface area contributed by atoms with E-state index in [4.69, 9.17) is 0 Å². The Morgan fingerprint density at radius 3 is 2.32 bits per heavy atom. The van der Waals surface area contributed by atoms with Crippen LogP contribution >= 0.6 is 27.7 Å².